The van der Waals surface area contributed by atoms with Crippen LogP contribution in [0.15, 0.2) is 54.6 Å². The fraction of sp³-hybridized carbons (Fsp3) is 0.333. The van der Waals surface area contributed by atoms with Crippen LogP contribution in [0.3, 0.4) is 0 Å². The number of alkyl halides is 1. The van der Waals surface area contributed by atoms with E-state index in [1.165, 1.54) is 0 Å². The molecule has 0 saturated carbocycles. The fourth-order valence-electron chi connectivity index (χ4n) is 3.16. The molecule has 110 valence electrons. The first-order valence-electron chi connectivity index (χ1n) is 7.51. The molecule has 0 aromatic heterocycles. The summed E-state index contributed by atoms with van der Waals surface area (Å²) in [7, 11) is 0. The summed E-state index contributed by atoms with van der Waals surface area (Å²) in [5, 5.41) is 6.84. The smallest absolute Gasteiger partial charge is 0.144 e. The van der Waals surface area contributed by atoms with Crippen molar-refractivity contribution in [2.45, 2.75) is 32.1 Å². The van der Waals surface area contributed by atoms with Gasteiger partial charge in [-0.2, -0.15) is 0 Å². The third-order valence-corrected chi connectivity index (χ3v) is 4.52. The predicted octanol–water partition coefficient (Wildman–Crippen LogP) is 4.76. The van der Waals surface area contributed by atoms with Crippen molar-refractivity contribution in [3.05, 3.63) is 60.2 Å². The Morgan fingerprint density at radius 3 is 2.48 bits per heavy atom. The number of hydrogen-bond acceptors (Lipinski definition) is 2. The average Bonchev–Trinajstić information content (AvgIpc) is 2.53. The Morgan fingerprint density at radius 2 is 1.76 bits per heavy atom. The topological polar surface area (TPSA) is 24.1 Å². The molecule has 0 spiro atoms. The molecule has 3 rings (SSSR count). The molecule has 2 N–H and O–H groups in total. The molecule has 0 amide bonds. The Morgan fingerprint density at radius 1 is 1.10 bits per heavy atom. The van der Waals surface area contributed by atoms with Crippen molar-refractivity contribution in [2.24, 2.45) is 5.92 Å². The second-order valence-electron chi connectivity index (χ2n) is 5.68. The number of para-hydroxylation sites is 2. The largest absolute Gasteiger partial charge is 0.365 e. The summed E-state index contributed by atoms with van der Waals surface area (Å²) in [5.74, 6) is -0.169. The summed E-state index contributed by atoms with van der Waals surface area (Å²) in [5.41, 5.74) is 1.34. The highest BCUT2D eigenvalue weighted by molar-refractivity contribution is 5.59. The van der Waals surface area contributed by atoms with Crippen molar-refractivity contribution in [3.63, 3.8) is 0 Å². The monoisotopic (exact) mass is 284 g/mol. The van der Waals surface area contributed by atoms with Crippen LogP contribution in [0.2, 0.25) is 0 Å². The van der Waals surface area contributed by atoms with Crippen LogP contribution < -0.4 is 10.6 Å². The quantitative estimate of drug-likeness (QED) is 0.849. The Balaban J connectivity index is 1.95. The molecule has 2 aromatic rings. The summed E-state index contributed by atoms with van der Waals surface area (Å²) >= 11 is 0. The highest BCUT2D eigenvalue weighted by Gasteiger charge is 2.45. The van der Waals surface area contributed by atoms with Crippen molar-refractivity contribution in [1.82, 2.24) is 0 Å². The van der Waals surface area contributed by atoms with Gasteiger partial charge in [0, 0.05) is 22.9 Å². The zero-order valence-electron chi connectivity index (χ0n) is 12.4. The third-order valence-electron chi connectivity index (χ3n) is 4.52. The first-order valence-corrected chi connectivity index (χ1v) is 7.51. The van der Waals surface area contributed by atoms with Crippen LogP contribution in [0, 0.1) is 5.92 Å². The van der Waals surface area contributed by atoms with Gasteiger partial charge in [-0.3, -0.25) is 0 Å². The minimum atomic E-state index is -1.31. The molecule has 0 saturated heterocycles. The number of rotatable bonds is 3. The van der Waals surface area contributed by atoms with Crippen LogP contribution in [-0.2, 0) is 5.67 Å². The van der Waals surface area contributed by atoms with E-state index >= 15 is 4.39 Å². The fourth-order valence-corrected chi connectivity index (χ4v) is 3.16. The normalized spacial score (nSPS) is 27.6. The summed E-state index contributed by atoms with van der Waals surface area (Å²) in [4.78, 5) is 0. The molecule has 3 atom stereocenters. The van der Waals surface area contributed by atoms with Crippen LogP contribution in [0.25, 0.3) is 0 Å². The van der Waals surface area contributed by atoms with Gasteiger partial charge >= 0.3 is 0 Å². The molecule has 2 nitrogen and oxygen atoms in total. The van der Waals surface area contributed by atoms with E-state index in [-0.39, 0.29) is 12.1 Å². The minimum absolute atomic E-state index is 0.132. The summed E-state index contributed by atoms with van der Waals surface area (Å²) in [6.07, 6.45) is 0.340. The van der Waals surface area contributed by atoms with Crippen molar-refractivity contribution in [2.75, 3.05) is 10.6 Å². The summed E-state index contributed by atoms with van der Waals surface area (Å²) < 4.78 is 15.6. The van der Waals surface area contributed by atoms with Crippen molar-refractivity contribution in [3.8, 4) is 0 Å². The zero-order valence-corrected chi connectivity index (χ0v) is 12.4. The van der Waals surface area contributed by atoms with Gasteiger partial charge in [-0.1, -0.05) is 50.2 Å². The first kappa shape index (κ1) is 13.9. The van der Waals surface area contributed by atoms with Gasteiger partial charge in [-0.25, -0.2) is 4.39 Å². The van der Waals surface area contributed by atoms with E-state index in [0.717, 1.165) is 16.9 Å². The van der Waals surface area contributed by atoms with Crippen LogP contribution in [0.4, 0.5) is 15.8 Å². The van der Waals surface area contributed by atoms with Crippen molar-refractivity contribution < 1.29 is 4.39 Å². The van der Waals surface area contributed by atoms with E-state index in [1.807, 2.05) is 68.4 Å². The molecule has 0 fully saturated rings. The third kappa shape index (κ3) is 2.37. The van der Waals surface area contributed by atoms with Crippen LogP contribution >= 0.6 is 0 Å². The van der Waals surface area contributed by atoms with E-state index in [1.54, 1.807) is 0 Å². The SMILES string of the molecule is CCC1(F)c2ccccc2NC(Nc2ccccc2)C1C. The van der Waals surface area contributed by atoms with E-state index < -0.39 is 5.67 Å². The lowest BCUT2D eigenvalue weighted by Gasteiger charge is -2.43. The predicted molar refractivity (Wildman–Crippen MR) is 86.2 cm³/mol. The van der Waals surface area contributed by atoms with Crippen LogP contribution in [0.5, 0.6) is 0 Å². The number of halogens is 1. The van der Waals surface area contributed by atoms with Gasteiger partial charge in [0.15, 0.2) is 0 Å². The molecule has 1 heterocycles. The lowest BCUT2D eigenvalue weighted by molar-refractivity contribution is 0.0702. The van der Waals surface area contributed by atoms with E-state index in [4.69, 9.17) is 0 Å². The molecule has 3 heteroatoms. The van der Waals surface area contributed by atoms with Crippen LogP contribution in [0.1, 0.15) is 25.8 Å². The average molecular weight is 284 g/mol. The molecule has 0 bridgehead atoms. The summed E-state index contributed by atoms with van der Waals surface area (Å²) in [6, 6.07) is 17.6. The summed E-state index contributed by atoms with van der Waals surface area (Å²) in [6.45, 7) is 3.88. The molecule has 1 aliphatic heterocycles. The number of hydrogen-bond donors (Lipinski definition) is 2. The molecule has 0 radical (unpaired) electrons. The lowest BCUT2D eigenvalue weighted by Crippen LogP contribution is -2.49. The Labute approximate surface area is 125 Å². The minimum Gasteiger partial charge on any atom is -0.365 e. The number of nitrogens with one attached hydrogen (secondary N) is 2. The molecule has 0 aliphatic carbocycles. The van der Waals surface area contributed by atoms with Gasteiger partial charge in [0.25, 0.3) is 0 Å². The second kappa shape index (κ2) is 5.40. The first-order chi connectivity index (χ1) is 10.1. The molecular formula is C18H21FN2. The van der Waals surface area contributed by atoms with Gasteiger partial charge in [0.05, 0.1) is 0 Å². The number of anilines is 2. The molecule has 3 unspecified atom stereocenters. The molecule has 1 aliphatic rings. The van der Waals surface area contributed by atoms with Crippen LogP contribution in [-0.4, -0.2) is 6.17 Å². The maximum absolute atomic E-state index is 15.6. The maximum atomic E-state index is 15.6. The van der Waals surface area contributed by atoms with Gasteiger partial charge in [-0.15, -0.1) is 0 Å². The maximum Gasteiger partial charge on any atom is 0.144 e. The Hall–Kier alpha value is -2.03. The van der Waals surface area contributed by atoms with Crippen molar-refractivity contribution in [1.29, 1.82) is 0 Å². The number of fused-ring (bicyclic) bond motifs is 1. The molecule has 2 aromatic carbocycles. The second-order valence-corrected chi connectivity index (χ2v) is 5.68. The highest BCUT2D eigenvalue weighted by Crippen LogP contribution is 2.46. The van der Waals surface area contributed by atoms with Crippen molar-refractivity contribution >= 4 is 11.4 Å². The highest BCUT2D eigenvalue weighted by atomic mass is 19.1. The molecule has 21 heavy (non-hydrogen) atoms. The van der Waals surface area contributed by atoms with E-state index in [2.05, 4.69) is 10.6 Å². The van der Waals surface area contributed by atoms with Gasteiger partial charge < -0.3 is 10.6 Å². The zero-order chi connectivity index (χ0) is 14.9. The van der Waals surface area contributed by atoms with Gasteiger partial charge in [0.1, 0.15) is 11.8 Å². The van der Waals surface area contributed by atoms with E-state index in [0.29, 0.717) is 6.42 Å². The van der Waals surface area contributed by atoms with E-state index in [9.17, 15) is 0 Å². The lowest BCUT2D eigenvalue weighted by atomic mass is 9.76. The van der Waals surface area contributed by atoms with Gasteiger partial charge in [-0.05, 0) is 24.6 Å². The standard InChI is InChI=1S/C18H21FN2/c1-3-18(19)13(2)17(20-14-9-5-4-6-10-14)21-16-12-8-7-11-15(16)18/h4-13,17,20-21H,3H2,1-2H3. The Kier molecular flexibility index (Phi) is 3.58. The number of benzene rings is 2. The molecular weight excluding hydrogens is 263 g/mol. The Bertz CT molecular complexity index is 614. The van der Waals surface area contributed by atoms with Gasteiger partial charge in [0.2, 0.25) is 0 Å².